The van der Waals surface area contributed by atoms with Crippen LogP contribution in [0.4, 0.5) is 10.1 Å². The summed E-state index contributed by atoms with van der Waals surface area (Å²) in [6.45, 7) is 1.75. The normalized spacial score (nSPS) is 12.0. The van der Waals surface area contributed by atoms with E-state index in [9.17, 15) is 9.18 Å². The van der Waals surface area contributed by atoms with Crippen molar-refractivity contribution in [3.63, 3.8) is 0 Å². The van der Waals surface area contributed by atoms with Crippen LogP contribution in [0.3, 0.4) is 0 Å². The summed E-state index contributed by atoms with van der Waals surface area (Å²) in [7, 11) is 0. The van der Waals surface area contributed by atoms with Gasteiger partial charge in [-0.05, 0) is 42.8 Å². The molecule has 0 aromatic heterocycles. The van der Waals surface area contributed by atoms with Gasteiger partial charge < -0.3 is 11.1 Å². The van der Waals surface area contributed by atoms with E-state index >= 15 is 0 Å². The van der Waals surface area contributed by atoms with E-state index in [0.717, 1.165) is 0 Å². The number of carbonyl (C=O) groups excluding carboxylic acids is 1. The molecular weight excluding hydrogens is 314 g/mol. The van der Waals surface area contributed by atoms with Gasteiger partial charge in [0.1, 0.15) is 11.9 Å². The highest BCUT2D eigenvalue weighted by Crippen LogP contribution is 2.32. The number of rotatable bonds is 4. The Balaban J connectivity index is 2.43. The van der Waals surface area contributed by atoms with Gasteiger partial charge >= 0.3 is 0 Å². The van der Waals surface area contributed by atoms with Gasteiger partial charge in [0, 0.05) is 21.3 Å². The van der Waals surface area contributed by atoms with Crippen molar-refractivity contribution in [2.75, 3.05) is 5.32 Å². The van der Waals surface area contributed by atoms with Gasteiger partial charge in [0.2, 0.25) is 5.91 Å². The molecule has 0 bridgehead atoms. The average molecular weight is 327 g/mol. The molecule has 3 nitrogen and oxygen atoms in total. The monoisotopic (exact) mass is 326 g/mol. The van der Waals surface area contributed by atoms with Crippen molar-refractivity contribution < 1.29 is 9.18 Å². The fourth-order valence-corrected chi connectivity index (χ4v) is 2.67. The summed E-state index contributed by atoms with van der Waals surface area (Å²) >= 11 is 12.2. The minimum absolute atomic E-state index is 0.312. The summed E-state index contributed by atoms with van der Waals surface area (Å²) in [6, 6.07) is 8.28. The van der Waals surface area contributed by atoms with Crippen LogP contribution in [-0.4, -0.2) is 5.91 Å². The predicted octanol–water partition coefficient (Wildman–Crippen LogP) is 4.08. The number of halogens is 3. The van der Waals surface area contributed by atoms with Crippen LogP contribution in [0.1, 0.15) is 17.2 Å². The molecule has 0 heterocycles. The highest BCUT2D eigenvalue weighted by atomic mass is 35.5. The van der Waals surface area contributed by atoms with Gasteiger partial charge in [0.25, 0.3) is 0 Å². The van der Waals surface area contributed by atoms with Crippen molar-refractivity contribution in [3.8, 4) is 0 Å². The second kappa shape index (κ2) is 6.33. The second-order valence-electron chi connectivity index (χ2n) is 4.63. The summed E-state index contributed by atoms with van der Waals surface area (Å²) in [5.41, 5.74) is 6.93. The second-order valence-corrected chi connectivity index (χ2v) is 5.45. The maximum absolute atomic E-state index is 13.4. The van der Waals surface area contributed by atoms with Crippen molar-refractivity contribution in [1.82, 2.24) is 0 Å². The first-order valence-corrected chi connectivity index (χ1v) is 6.91. The van der Waals surface area contributed by atoms with Crippen LogP contribution in [0.15, 0.2) is 36.4 Å². The smallest absolute Gasteiger partial charge is 0.244 e. The third kappa shape index (κ3) is 3.65. The van der Waals surface area contributed by atoms with Crippen molar-refractivity contribution in [2.45, 2.75) is 13.0 Å². The van der Waals surface area contributed by atoms with Gasteiger partial charge in [-0.15, -0.1) is 0 Å². The van der Waals surface area contributed by atoms with Gasteiger partial charge in [-0.25, -0.2) is 4.39 Å². The van der Waals surface area contributed by atoms with Crippen LogP contribution in [0.5, 0.6) is 0 Å². The molecule has 1 amide bonds. The molecule has 1 unspecified atom stereocenters. The number of aryl methyl sites for hydroxylation is 1. The highest BCUT2D eigenvalue weighted by Gasteiger charge is 2.23. The molecule has 3 N–H and O–H groups in total. The van der Waals surface area contributed by atoms with Crippen molar-refractivity contribution >= 4 is 34.8 Å². The van der Waals surface area contributed by atoms with Gasteiger partial charge in [-0.3, -0.25) is 4.79 Å². The summed E-state index contributed by atoms with van der Waals surface area (Å²) < 4.78 is 13.4. The summed E-state index contributed by atoms with van der Waals surface area (Å²) in [4.78, 5) is 11.7. The Labute approximate surface area is 131 Å². The van der Waals surface area contributed by atoms with Gasteiger partial charge in [-0.2, -0.15) is 0 Å². The number of benzene rings is 2. The number of primary amides is 1. The van der Waals surface area contributed by atoms with Gasteiger partial charge in [-0.1, -0.05) is 29.3 Å². The van der Waals surface area contributed by atoms with Crippen LogP contribution >= 0.6 is 23.2 Å². The number of amides is 1. The van der Waals surface area contributed by atoms with Crippen LogP contribution in [-0.2, 0) is 4.79 Å². The molecule has 0 spiro atoms. The number of hydrogen-bond acceptors (Lipinski definition) is 2. The zero-order valence-electron chi connectivity index (χ0n) is 11.2. The molecule has 110 valence electrons. The Kier molecular flexibility index (Phi) is 4.70. The minimum atomic E-state index is -0.951. The molecular formula is C15H13Cl2FN2O. The van der Waals surface area contributed by atoms with Gasteiger partial charge in [0.15, 0.2) is 0 Å². The van der Waals surface area contributed by atoms with E-state index in [1.54, 1.807) is 31.2 Å². The van der Waals surface area contributed by atoms with Crippen molar-refractivity contribution in [2.24, 2.45) is 5.73 Å². The van der Waals surface area contributed by atoms with E-state index in [1.165, 1.54) is 12.1 Å². The van der Waals surface area contributed by atoms with Crippen LogP contribution < -0.4 is 11.1 Å². The fourth-order valence-electron chi connectivity index (χ4n) is 2.06. The molecule has 2 rings (SSSR count). The summed E-state index contributed by atoms with van der Waals surface area (Å²) in [6.07, 6.45) is 0. The minimum Gasteiger partial charge on any atom is -0.370 e. The lowest BCUT2D eigenvalue weighted by atomic mass is 10.1. The first kappa shape index (κ1) is 15.6. The SMILES string of the molecule is Cc1cc(F)cc(NC(C(N)=O)c2c(Cl)cccc2Cl)c1. The molecule has 1 atom stereocenters. The molecule has 2 aromatic carbocycles. The Bertz CT molecular complexity index is 651. The Hall–Kier alpha value is -1.78. The molecule has 21 heavy (non-hydrogen) atoms. The first-order chi connectivity index (χ1) is 9.88. The lowest BCUT2D eigenvalue weighted by molar-refractivity contribution is -0.118. The van der Waals surface area contributed by atoms with E-state index in [2.05, 4.69) is 5.32 Å². The third-order valence-corrected chi connectivity index (χ3v) is 3.59. The Morgan fingerprint density at radius 2 is 1.86 bits per heavy atom. The van der Waals surface area contributed by atoms with Crippen LogP contribution in [0.25, 0.3) is 0 Å². The summed E-state index contributed by atoms with van der Waals surface area (Å²) in [5.74, 6) is -1.07. The number of carbonyl (C=O) groups is 1. The maximum atomic E-state index is 13.4. The molecule has 0 saturated heterocycles. The largest absolute Gasteiger partial charge is 0.370 e. The Morgan fingerprint density at radius 3 is 2.38 bits per heavy atom. The standard InChI is InChI=1S/C15H13Cl2FN2O/c1-8-5-9(18)7-10(6-8)20-14(15(19)21)13-11(16)3-2-4-12(13)17/h2-7,14,20H,1H3,(H2,19,21). The number of nitrogens with one attached hydrogen (secondary N) is 1. The quantitative estimate of drug-likeness (QED) is 0.889. The van der Waals surface area contributed by atoms with Gasteiger partial charge in [0.05, 0.1) is 0 Å². The summed E-state index contributed by atoms with van der Waals surface area (Å²) in [5, 5.41) is 3.50. The van der Waals surface area contributed by atoms with Crippen LogP contribution in [0.2, 0.25) is 10.0 Å². The molecule has 0 saturated carbocycles. The van der Waals surface area contributed by atoms with E-state index in [0.29, 0.717) is 26.9 Å². The molecule has 2 aromatic rings. The zero-order valence-corrected chi connectivity index (χ0v) is 12.7. The van der Waals surface area contributed by atoms with Crippen molar-refractivity contribution in [1.29, 1.82) is 0 Å². The maximum Gasteiger partial charge on any atom is 0.244 e. The van der Waals surface area contributed by atoms with E-state index in [1.807, 2.05) is 0 Å². The molecule has 0 fully saturated rings. The zero-order chi connectivity index (χ0) is 15.6. The molecule has 0 aliphatic carbocycles. The molecule has 0 aliphatic rings. The Morgan fingerprint density at radius 1 is 1.24 bits per heavy atom. The number of anilines is 1. The molecule has 0 aliphatic heterocycles. The topological polar surface area (TPSA) is 55.1 Å². The van der Waals surface area contributed by atoms with E-state index < -0.39 is 17.8 Å². The average Bonchev–Trinajstić information content (AvgIpc) is 2.35. The first-order valence-electron chi connectivity index (χ1n) is 6.15. The third-order valence-electron chi connectivity index (χ3n) is 2.93. The van der Waals surface area contributed by atoms with Crippen molar-refractivity contribution in [3.05, 3.63) is 63.4 Å². The molecule has 6 heteroatoms. The van der Waals surface area contributed by atoms with E-state index in [4.69, 9.17) is 28.9 Å². The lowest BCUT2D eigenvalue weighted by Crippen LogP contribution is -2.28. The lowest BCUT2D eigenvalue weighted by Gasteiger charge is -2.20. The van der Waals surface area contributed by atoms with E-state index in [-0.39, 0.29) is 0 Å². The number of nitrogens with two attached hydrogens (primary N) is 1. The number of hydrogen-bond donors (Lipinski definition) is 2. The molecule has 0 radical (unpaired) electrons. The predicted molar refractivity (Wildman–Crippen MR) is 83.2 cm³/mol. The van der Waals surface area contributed by atoms with Crippen LogP contribution in [0, 0.1) is 12.7 Å². The highest BCUT2D eigenvalue weighted by molar-refractivity contribution is 6.36. The fraction of sp³-hybridized carbons (Fsp3) is 0.133.